The molecule has 1 heterocycles. The molecule has 8 atom stereocenters. The highest BCUT2D eigenvalue weighted by Gasteiger charge is 2.43. The predicted octanol–water partition coefficient (Wildman–Crippen LogP) is 4.34. The van der Waals surface area contributed by atoms with Crippen LogP contribution in [-0.4, -0.2) is 53.3 Å². The molecule has 1 unspecified atom stereocenters. The minimum Gasteiger partial charge on any atom is -0.476 e. The number of aliphatic hydroxyl groups is 2. The Balaban J connectivity index is 1.47. The molecule has 1 aliphatic heterocycles. The quantitative estimate of drug-likeness (QED) is 0.530. The second kappa shape index (κ2) is 11.7. The largest absolute Gasteiger partial charge is 0.476 e. The first-order valence-electron chi connectivity index (χ1n) is 12.8. The number of benzene rings is 1. The minimum atomic E-state index is -0.939. The molecule has 0 amide bonds. The van der Waals surface area contributed by atoms with Crippen LogP contribution in [0.3, 0.4) is 0 Å². The van der Waals surface area contributed by atoms with Gasteiger partial charge in [0.25, 0.3) is 0 Å². The number of esters is 1. The third kappa shape index (κ3) is 6.32. The van der Waals surface area contributed by atoms with Crippen molar-refractivity contribution >= 4 is 5.97 Å². The summed E-state index contributed by atoms with van der Waals surface area (Å²) in [6, 6.07) is 6.00. The molecule has 1 aromatic carbocycles. The second-order valence-corrected chi connectivity index (χ2v) is 10.0. The van der Waals surface area contributed by atoms with E-state index < -0.39 is 30.1 Å². The van der Waals surface area contributed by atoms with Crippen molar-refractivity contribution in [3.8, 4) is 5.75 Å². The molecule has 7 heteroatoms. The van der Waals surface area contributed by atoms with Crippen LogP contribution in [0.2, 0.25) is 0 Å². The number of carbonyl (C=O) groups excluding carboxylic acids is 1. The second-order valence-electron chi connectivity index (χ2n) is 10.0. The van der Waals surface area contributed by atoms with Crippen LogP contribution >= 0.6 is 0 Å². The first-order chi connectivity index (χ1) is 16.9. The Morgan fingerprint density at radius 1 is 1.23 bits per heavy atom. The van der Waals surface area contributed by atoms with Crippen LogP contribution in [-0.2, 0) is 14.3 Å². The van der Waals surface area contributed by atoms with Crippen LogP contribution in [0.5, 0.6) is 5.75 Å². The molecular weight excluding hydrogens is 451 g/mol. The molecule has 35 heavy (non-hydrogen) atoms. The summed E-state index contributed by atoms with van der Waals surface area (Å²) in [5.74, 6) is -0.651. The number of rotatable bonds is 8. The Morgan fingerprint density at radius 3 is 2.77 bits per heavy atom. The van der Waals surface area contributed by atoms with E-state index in [2.05, 4.69) is 13.0 Å². The van der Waals surface area contributed by atoms with Crippen LogP contribution < -0.4 is 4.74 Å². The summed E-state index contributed by atoms with van der Waals surface area (Å²) in [5, 5.41) is 20.5. The molecule has 1 aromatic rings. The minimum absolute atomic E-state index is 0.0160. The van der Waals surface area contributed by atoms with Gasteiger partial charge in [-0.05, 0) is 61.6 Å². The van der Waals surface area contributed by atoms with E-state index in [0.717, 1.165) is 18.4 Å². The molecule has 192 valence electrons. The zero-order chi connectivity index (χ0) is 24.9. The van der Waals surface area contributed by atoms with Gasteiger partial charge in [-0.25, -0.2) is 9.18 Å². The lowest BCUT2D eigenvalue weighted by atomic mass is 9.66. The summed E-state index contributed by atoms with van der Waals surface area (Å²) in [4.78, 5) is 13.1. The van der Waals surface area contributed by atoms with E-state index in [1.165, 1.54) is 12.1 Å². The summed E-state index contributed by atoms with van der Waals surface area (Å²) < 4.78 is 31.6. The van der Waals surface area contributed by atoms with Gasteiger partial charge in [0.1, 0.15) is 6.10 Å². The summed E-state index contributed by atoms with van der Waals surface area (Å²) in [7, 11) is 0. The van der Waals surface area contributed by atoms with Crippen LogP contribution in [0, 0.1) is 23.6 Å². The third-order valence-electron chi connectivity index (χ3n) is 7.54. The Morgan fingerprint density at radius 2 is 2.03 bits per heavy atom. The molecule has 0 saturated carbocycles. The molecule has 0 spiro atoms. The van der Waals surface area contributed by atoms with E-state index in [1.807, 2.05) is 12.2 Å². The lowest BCUT2D eigenvalue weighted by molar-refractivity contribution is -0.163. The van der Waals surface area contributed by atoms with Gasteiger partial charge in [-0.3, -0.25) is 0 Å². The number of halogens is 1. The number of hydrogen-bond donors (Lipinski definition) is 2. The van der Waals surface area contributed by atoms with Crippen molar-refractivity contribution in [3.05, 3.63) is 53.9 Å². The Kier molecular flexibility index (Phi) is 8.63. The lowest BCUT2D eigenvalue weighted by Crippen LogP contribution is -2.44. The van der Waals surface area contributed by atoms with Gasteiger partial charge in [-0.1, -0.05) is 44.2 Å². The van der Waals surface area contributed by atoms with Crippen LogP contribution in [0.15, 0.2) is 48.1 Å². The average Bonchev–Trinajstić information content (AvgIpc) is 2.83. The Bertz CT molecular complexity index is 930. The number of ether oxygens (including phenoxy) is 3. The van der Waals surface area contributed by atoms with Gasteiger partial charge in [0.2, 0.25) is 0 Å². The van der Waals surface area contributed by atoms with Crippen LogP contribution in [0.1, 0.15) is 52.4 Å². The Hall–Kier alpha value is -2.22. The van der Waals surface area contributed by atoms with Crippen molar-refractivity contribution in [2.24, 2.45) is 17.8 Å². The predicted molar refractivity (Wildman–Crippen MR) is 129 cm³/mol. The van der Waals surface area contributed by atoms with Gasteiger partial charge in [-0.15, -0.1) is 0 Å². The van der Waals surface area contributed by atoms with Crippen molar-refractivity contribution in [2.45, 2.75) is 82.9 Å². The fourth-order valence-electron chi connectivity index (χ4n) is 5.64. The monoisotopic (exact) mass is 488 g/mol. The molecule has 2 aliphatic carbocycles. The zero-order valence-corrected chi connectivity index (χ0v) is 20.5. The fourth-order valence-corrected chi connectivity index (χ4v) is 5.64. The van der Waals surface area contributed by atoms with Crippen LogP contribution in [0.4, 0.5) is 4.39 Å². The van der Waals surface area contributed by atoms with E-state index in [-0.39, 0.29) is 35.7 Å². The number of allylic oxidation sites excluding steroid dienone is 2. The maximum Gasteiger partial charge on any atom is 0.347 e. The van der Waals surface area contributed by atoms with Crippen LogP contribution in [0.25, 0.3) is 0 Å². The molecule has 0 radical (unpaired) electrons. The van der Waals surface area contributed by atoms with Gasteiger partial charge in [0.15, 0.2) is 17.7 Å². The standard InChI is InChI=1S/C28H37FO6/c1-3-24(34-25-7-5-4-6-23(25)29)28(32)35-26-16-20(31)14-18-9-8-17(2)22(27(18)26)11-10-21-15-19(30)12-13-33-21/h4-9,14,17,19-22,24,26-27,30-31H,3,10-13,15-16H2,1-2H3/t17-,19+,20+,21+,22-,24?,26-,27-/m0/s1. The SMILES string of the molecule is CCC(Oc1ccccc1F)C(=O)O[C@H]1C[C@H](O)C=C2C=C[C@H](C)[C@H](CC[C@@H]3C[C@H](O)CCO3)[C@H]21. The lowest BCUT2D eigenvalue weighted by Gasteiger charge is -2.43. The number of para-hydroxylation sites is 1. The van der Waals surface area contributed by atoms with Crippen molar-refractivity contribution < 1.29 is 33.6 Å². The van der Waals surface area contributed by atoms with Gasteiger partial charge < -0.3 is 24.4 Å². The van der Waals surface area contributed by atoms with Crippen molar-refractivity contribution in [1.29, 1.82) is 0 Å². The molecular formula is C28H37FO6. The maximum absolute atomic E-state index is 14.1. The third-order valence-corrected chi connectivity index (χ3v) is 7.54. The van der Waals surface area contributed by atoms with Gasteiger partial charge in [-0.2, -0.15) is 0 Å². The van der Waals surface area contributed by atoms with E-state index in [4.69, 9.17) is 14.2 Å². The van der Waals surface area contributed by atoms with Crippen molar-refractivity contribution in [1.82, 2.24) is 0 Å². The molecule has 2 N–H and O–H groups in total. The fraction of sp³-hybridized carbons (Fsp3) is 0.607. The number of hydrogen-bond acceptors (Lipinski definition) is 6. The summed E-state index contributed by atoms with van der Waals surface area (Å²) in [5.41, 5.74) is 0.984. The van der Waals surface area contributed by atoms with Crippen molar-refractivity contribution in [2.75, 3.05) is 6.61 Å². The molecule has 1 fully saturated rings. The summed E-state index contributed by atoms with van der Waals surface area (Å²) in [6.07, 6.45) is 7.24. The van der Waals surface area contributed by atoms with E-state index in [0.29, 0.717) is 32.3 Å². The average molecular weight is 489 g/mol. The summed E-state index contributed by atoms with van der Waals surface area (Å²) >= 11 is 0. The highest BCUT2D eigenvalue weighted by molar-refractivity contribution is 5.75. The molecule has 0 aromatic heterocycles. The smallest absolute Gasteiger partial charge is 0.347 e. The first-order valence-corrected chi connectivity index (χ1v) is 12.8. The first kappa shape index (κ1) is 25.9. The van der Waals surface area contributed by atoms with Gasteiger partial charge in [0.05, 0.1) is 18.3 Å². The molecule has 6 nitrogen and oxygen atoms in total. The maximum atomic E-state index is 14.1. The number of fused-ring (bicyclic) bond motifs is 1. The van der Waals surface area contributed by atoms with E-state index >= 15 is 0 Å². The summed E-state index contributed by atoms with van der Waals surface area (Å²) in [6.45, 7) is 4.53. The zero-order valence-electron chi connectivity index (χ0n) is 20.5. The Labute approximate surface area is 206 Å². The normalized spacial score (nSPS) is 33.4. The van der Waals surface area contributed by atoms with Crippen molar-refractivity contribution in [3.63, 3.8) is 0 Å². The number of carbonyl (C=O) groups is 1. The van der Waals surface area contributed by atoms with Gasteiger partial charge >= 0.3 is 5.97 Å². The van der Waals surface area contributed by atoms with E-state index in [9.17, 15) is 19.4 Å². The molecule has 3 aliphatic rings. The highest BCUT2D eigenvalue weighted by atomic mass is 19.1. The number of aliphatic hydroxyl groups excluding tert-OH is 2. The molecule has 1 saturated heterocycles. The highest BCUT2D eigenvalue weighted by Crippen LogP contribution is 2.44. The molecule has 4 rings (SSSR count). The van der Waals surface area contributed by atoms with Gasteiger partial charge in [0, 0.05) is 18.9 Å². The molecule has 0 bridgehead atoms. The topological polar surface area (TPSA) is 85.2 Å². The van der Waals surface area contributed by atoms with E-state index in [1.54, 1.807) is 19.1 Å².